The van der Waals surface area contributed by atoms with Gasteiger partial charge in [-0.25, -0.2) is 9.48 Å². The SMILES string of the molecule is CCC(C(=O)O)n1cc(C(NC(=O)Cc2ccc(C(C)(C)C)cc2)c2ccc(OCC(F)(F)F)cn2)nn1. The van der Waals surface area contributed by atoms with Crippen LogP contribution in [0.4, 0.5) is 13.2 Å². The number of amides is 1. The average Bonchev–Trinajstić information content (AvgIpc) is 3.30. The Kier molecular flexibility index (Phi) is 8.74. The van der Waals surface area contributed by atoms with Crippen LogP contribution in [-0.4, -0.2) is 49.7 Å². The highest BCUT2D eigenvalue weighted by Gasteiger charge is 2.29. The molecule has 204 valence electrons. The number of hydrogen-bond acceptors (Lipinski definition) is 6. The molecule has 1 aromatic carbocycles. The van der Waals surface area contributed by atoms with Gasteiger partial charge in [-0.05, 0) is 35.1 Å². The minimum atomic E-state index is -4.50. The van der Waals surface area contributed by atoms with E-state index < -0.39 is 30.8 Å². The minimum absolute atomic E-state index is 0.0361. The highest BCUT2D eigenvalue weighted by Crippen LogP contribution is 2.25. The minimum Gasteiger partial charge on any atom is -0.483 e. The van der Waals surface area contributed by atoms with Gasteiger partial charge >= 0.3 is 12.1 Å². The van der Waals surface area contributed by atoms with Crippen LogP contribution in [0.25, 0.3) is 0 Å². The van der Waals surface area contributed by atoms with Crippen molar-refractivity contribution in [1.82, 2.24) is 25.3 Å². The van der Waals surface area contributed by atoms with E-state index >= 15 is 0 Å². The van der Waals surface area contributed by atoms with Gasteiger partial charge in [0.2, 0.25) is 5.91 Å². The fraction of sp³-hybridized carbons (Fsp3) is 0.423. The number of alkyl halides is 3. The molecule has 0 spiro atoms. The molecule has 3 aromatic rings. The maximum atomic E-state index is 13.0. The largest absolute Gasteiger partial charge is 0.483 e. The lowest BCUT2D eigenvalue weighted by atomic mass is 9.86. The van der Waals surface area contributed by atoms with Gasteiger partial charge in [-0.2, -0.15) is 13.2 Å². The van der Waals surface area contributed by atoms with E-state index in [0.717, 1.165) is 17.3 Å². The summed E-state index contributed by atoms with van der Waals surface area (Å²) in [5.41, 5.74) is 2.34. The number of benzene rings is 1. The Morgan fingerprint density at radius 1 is 1.08 bits per heavy atom. The van der Waals surface area contributed by atoms with E-state index in [1.807, 2.05) is 24.3 Å². The highest BCUT2D eigenvalue weighted by molar-refractivity contribution is 5.79. The van der Waals surface area contributed by atoms with Crippen molar-refractivity contribution >= 4 is 11.9 Å². The molecule has 0 aliphatic carbocycles. The molecule has 0 aliphatic rings. The van der Waals surface area contributed by atoms with Crippen LogP contribution < -0.4 is 10.1 Å². The number of rotatable bonds is 10. The zero-order valence-corrected chi connectivity index (χ0v) is 21.5. The van der Waals surface area contributed by atoms with Crippen LogP contribution in [0.3, 0.4) is 0 Å². The number of carboxylic acid groups (broad SMARTS) is 1. The van der Waals surface area contributed by atoms with Crippen molar-refractivity contribution in [2.24, 2.45) is 0 Å². The van der Waals surface area contributed by atoms with E-state index in [1.54, 1.807) is 6.92 Å². The van der Waals surface area contributed by atoms with Crippen molar-refractivity contribution in [1.29, 1.82) is 0 Å². The van der Waals surface area contributed by atoms with Gasteiger partial charge in [-0.1, -0.05) is 57.2 Å². The molecule has 0 bridgehead atoms. The van der Waals surface area contributed by atoms with Crippen LogP contribution >= 0.6 is 0 Å². The number of nitrogens with zero attached hydrogens (tertiary/aromatic N) is 4. The van der Waals surface area contributed by atoms with Gasteiger partial charge in [0.15, 0.2) is 12.6 Å². The average molecular weight is 534 g/mol. The summed E-state index contributed by atoms with van der Waals surface area (Å²) < 4.78 is 43.3. The Bertz CT molecular complexity index is 1240. The number of carbonyl (C=O) groups is 2. The number of carbonyl (C=O) groups excluding carboxylic acids is 1. The van der Waals surface area contributed by atoms with Crippen LogP contribution in [0.15, 0.2) is 48.8 Å². The number of aliphatic carboxylic acids is 1. The molecule has 0 fully saturated rings. The van der Waals surface area contributed by atoms with Crippen molar-refractivity contribution in [3.8, 4) is 5.75 Å². The first-order valence-electron chi connectivity index (χ1n) is 12.0. The molecule has 1 amide bonds. The zero-order chi connectivity index (χ0) is 28.1. The molecule has 38 heavy (non-hydrogen) atoms. The fourth-order valence-electron chi connectivity index (χ4n) is 3.68. The van der Waals surface area contributed by atoms with Gasteiger partial charge in [0.25, 0.3) is 0 Å². The van der Waals surface area contributed by atoms with E-state index in [2.05, 4.69) is 41.4 Å². The van der Waals surface area contributed by atoms with E-state index in [0.29, 0.717) is 0 Å². The van der Waals surface area contributed by atoms with Crippen LogP contribution in [0.2, 0.25) is 0 Å². The second kappa shape index (κ2) is 11.6. The van der Waals surface area contributed by atoms with Crippen molar-refractivity contribution in [2.75, 3.05) is 6.61 Å². The number of ether oxygens (including phenoxy) is 1. The maximum absolute atomic E-state index is 13.0. The van der Waals surface area contributed by atoms with Crippen molar-refractivity contribution in [2.45, 2.75) is 64.2 Å². The molecule has 0 saturated heterocycles. The lowest BCUT2D eigenvalue weighted by Gasteiger charge is -2.19. The first kappa shape index (κ1) is 28.6. The quantitative estimate of drug-likeness (QED) is 0.397. The monoisotopic (exact) mass is 533 g/mol. The molecule has 9 nitrogen and oxygen atoms in total. The predicted octanol–water partition coefficient (Wildman–Crippen LogP) is 4.40. The molecule has 2 aromatic heterocycles. The van der Waals surface area contributed by atoms with Crippen molar-refractivity contribution in [3.05, 3.63) is 71.3 Å². The first-order chi connectivity index (χ1) is 17.8. The number of aromatic nitrogens is 4. The topological polar surface area (TPSA) is 119 Å². The summed E-state index contributed by atoms with van der Waals surface area (Å²) in [5.74, 6) is -1.55. The number of hydrogen-bond donors (Lipinski definition) is 2. The summed E-state index contributed by atoms with van der Waals surface area (Å²) in [5, 5.41) is 20.2. The van der Waals surface area contributed by atoms with Crippen molar-refractivity contribution in [3.63, 3.8) is 0 Å². The van der Waals surface area contributed by atoms with Gasteiger partial charge in [-0.3, -0.25) is 9.78 Å². The second-order valence-electron chi connectivity index (χ2n) is 9.83. The Balaban J connectivity index is 1.84. The Morgan fingerprint density at radius 2 is 1.76 bits per heavy atom. The second-order valence-corrected chi connectivity index (χ2v) is 9.83. The predicted molar refractivity (Wildman–Crippen MR) is 132 cm³/mol. The zero-order valence-electron chi connectivity index (χ0n) is 21.5. The van der Waals surface area contributed by atoms with Crippen LogP contribution in [-0.2, 0) is 21.4 Å². The fourth-order valence-corrected chi connectivity index (χ4v) is 3.68. The van der Waals surface area contributed by atoms with Crippen LogP contribution in [0.5, 0.6) is 5.75 Å². The van der Waals surface area contributed by atoms with E-state index in [1.165, 1.54) is 23.0 Å². The molecule has 2 N–H and O–H groups in total. The summed E-state index contributed by atoms with van der Waals surface area (Å²) in [6.07, 6.45) is -1.68. The van der Waals surface area contributed by atoms with Gasteiger partial charge in [0.1, 0.15) is 17.5 Å². The highest BCUT2D eigenvalue weighted by atomic mass is 19.4. The number of nitrogens with one attached hydrogen (secondary N) is 1. The van der Waals surface area contributed by atoms with Gasteiger partial charge in [-0.15, -0.1) is 5.10 Å². The summed E-state index contributed by atoms with van der Waals surface area (Å²) >= 11 is 0. The molecule has 0 radical (unpaired) electrons. The van der Waals surface area contributed by atoms with Crippen LogP contribution in [0, 0.1) is 0 Å². The standard InChI is InChI=1S/C26H30F3N5O4/c1-5-21(24(36)37)34-14-20(32-33-34)23(19-11-10-18(13-30-19)38-15-26(27,28)29)31-22(35)12-16-6-8-17(9-7-16)25(2,3)4/h6-11,13-14,21,23H,5,12,15H2,1-4H3,(H,31,35)(H,36,37). The summed E-state index contributed by atoms with van der Waals surface area (Å²) in [7, 11) is 0. The van der Waals surface area contributed by atoms with Gasteiger partial charge in [0, 0.05) is 0 Å². The van der Waals surface area contributed by atoms with Gasteiger partial charge < -0.3 is 15.2 Å². The molecule has 2 heterocycles. The van der Waals surface area contributed by atoms with Crippen molar-refractivity contribution < 1.29 is 32.6 Å². The summed E-state index contributed by atoms with van der Waals surface area (Å²) in [6, 6.07) is 8.47. The maximum Gasteiger partial charge on any atom is 0.422 e. The van der Waals surface area contributed by atoms with E-state index in [9.17, 15) is 27.9 Å². The smallest absolute Gasteiger partial charge is 0.422 e. The third-order valence-electron chi connectivity index (χ3n) is 5.76. The van der Waals surface area contributed by atoms with E-state index in [4.69, 9.17) is 4.74 Å². The number of pyridine rings is 1. The molecule has 2 unspecified atom stereocenters. The molecule has 3 rings (SSSR count). The normalized spacial score (nSPS) is 13.6. The van der Waals surface area contributed by atoms with Crippen LogP contribution in [0.1, 0.15) is 68.7 Å². The number of carboxylic acids is 1. The summed E-state index contributed by atoms with van der Waals surface area (Å²) in [4.78, 5) is 28.7. The molecule has 0 saturated carbocycles. The first-order valence-corrected chi connectivity index (χ1v) is 12.0. The molecular weight excluding hydrogens is 503 g/mol. The molecule has 2 atom stereocenters. The lowest BCUT2D eigenvalue weighted by molar-refractivity contribution is -0.153. The Labute approximate surface area is 218 Å². The third kappa shape index (κ3) is 7.77. The molecular formula is C26H30F3N5O4. The van der Waals surface area contributed by atoms with Gasteiger partial charge in [0.05, 0.1) is 24.5 Å². The molecule has 0 aliphatic heterocycles. The van der Waals surface area contributed by atoms with E-state index in [-0.39, 0.29) is 41.3 Å². The number of halogens is 3. The summed E-state index contributed by atoms with van der Waals surface area (Å²) in [6.45, 7) is 6.49. The third-order valence-corrected chi connectivity index (χ3v) is 5.76. The Hall–Kier alpha value is -3.96. The lowest BCUT2D eigenvalue weighted by Crippen LogP contribution is -2.31. The Morgan fingerprint density at radius 3 is 2.29 bits per heavy atom. The molecule has 12 heteroatoms.